The van der Waals surface area contributed by atoms with Gasteiger partial charge in [0.05, 0.1) is 0 Å². The van der Waals surface area contributed by atoms with Gasteiger partial charge in [0.2, 0.25) is 0 Å². The van der Waals surface area contributed by atoms with Crippen molar-refractivity contribution in [3.05, 3.63) is 132 Å². The Hall–Kier alpha value is -3.90. The van der Waals surface area contributed by atoms with E-state index < -0.39 is 0 Å². The maximum Gasteiger partial charge on any atom is -0.0178 e. The Balaban J connectivity index is 0.00000153. The van der Waals surface area contributed by atoms with E-state index in [4.69, 9.17) is 0 Å². The van der Waals surface area contributed by atoms with Crippen LogP contribution in [0.2, 0.25) is 0 Å². The third-order valence-corrected chi connectivity index (χ3v) is 6.02. The fourth-order valence-corrected chi connectivity index (χ4v) is 4.13. The fraction of sp³-hybridized carbons (Fsp3) is 0.286. The van der Waals surface area contributed by atoms with E-state index in [0.717, 1.165) is 0 Å². The van der Waals surface area contributed by atoms with Crippen LogP contribution in [-0.4, -0.2) is 0 Å². The summed E-state index contributed by atoms with van der Waals surface area (Å²) in [4.78, 5) is 0. The lowest BCUT2D eigenvalue weighted by Gasteiger charge is -2.10. The molecule has 0 unspecified atom stereocenters. The quantitative estimate of drug-likeness (QED) is 0.205. The van der Waals surface area contributed by atoms with Gasteiger partial charge in [-0.2, -0.15) is 0 Å². The second-order valence-electron chi connectivity index (χ2n) is 8.47. The molecule has 0 aliphatic carbocycles. The highest BCUT2D eigenvalue weighted by atomic mass is 14.1. The van der Waals surface area contributed by atoms with Gasteiger partial charge in [0.1, 0.15) is 0 Å². The topological polar surface area (TPSA) is 0 Å². The summed E-state index contributed by atoms with van der Waals surface area (Å²) in [5.41, 5.74) is 12.5. The first-order valence-corrected chi connectivity index (χ1v) is 16.1. The van der Waals surface area contributed by atoms with Gasteiger partial charge in [-0.3, -0.25) is 0 Å². The van der Waals surface area contributed by atoms with E-state index in [1.54, 1.807) is 0 Å². The second-order valence-corrected chi connectivity index (χ2v) is 8.47. The predicted molar refractivity (Wildman–Crippen MR) is 194 cm³/mol. The molecule has 224 valence electrons. The summed E-state index contributed by atoms with van der Waals surface area (Å²) in [5, 5.41) is 0. The highest BCUT2D eigenvalue weighted by Crippen LogP contribution is 2.31. The number of benzene rings is 5. The molecule has 0 radical (unpaired) electrons. The zero-order valence-electron chi connectivity index (χ0n) is 28.5. The summed E-state index contributed by atoms with van der Waals surface area (Å²) in [6.45, 7) is 24.2. The van der Waals surface area contributed by atoms with Gasteiger partial charge in [0, 0.05) is 0 Å². The van der Waals surface area contributed by atoms with Gasteiger partial charge >= 0.3 is 0 Å². The number of aryl methyl sites for hydroxylation is 2. The molecule has 0 nitrogen and oxygen atoms in total. The van der Waals surface area contributed by atoms with Crippen LogP contribution in [0.5, 0.6) is 0 Å². The van der Waals surface area contributed by atoms with Crippen molar-refractivity contribution in [3.63, 3.8) is 0 Å². The van der Waals surface area contributed by atoms with Crippen molar-refractivity contribution in [2.45, 2.75) is 83.1 Å². The first-order chi connectivity index (χ1) is 20.7. The summed E-state index contributed by atoms with van der Waals surface area (Å²) in [6, 6.07) is 43.9. The zero-order valence-corrected chi connectivity index (χ0v) is 28.5. The SMILES string of the molecule is CC.CC.CC.CC.CC.Cc1ccc(-c2cccc(-c3cccc(-c4cccc(-c5ccc(C)cc5)c4)c3)c2)cc1. The zero-order chi connectivity index (χ0) is 31.9. The van der Waals surface area contributed by atoms with Gasteiger partial charge in [-0.05, 0) is 76.6 Å². The van der Waals surface area contributed by atoms with E-state index in [2.05, 4.69) is 135 Å². The lowest BCUT2D eigenvalue weighted by Crippen LogP contribution is -1.85. The van der Waals surface area contributed by atoms with Crippen molar-refractivity contribution in [1.29, 1.82) is 0 Å². The Kier molecular flexibility index (Phi) is 20.6. The molecule has 5 aromatic rings. The van der Waals surface area contributed by atoms with Gasteiger partial charge in [-0.1, -0.05) is 183 Å². The summed E-state index contributed by atoms with van der Waals surface area (Å²) in [6.07, 6.45) is 0. The van der Waals surface area contributed by atoms with Crippen LogP contribution in [0.15, 0.2) is 121 Å². The van der Waals surface area contributed by atoms with Gasteiger partial charge < -0.3 is 0 Å². The lowest BCUT2D eigenvalue weighted by atomic mass is 9.94. The Morgan fingerprint density at radius 1 is 0.238 bits per heavy atom. The Labute approximate surface area is 259 Å². The second kappa shape index (κ2) is 22.8. The largest absolute Gasteiger partial charge is 0.0683 e. The lowest BCUT2D eigenvalue weighted by molar-refractivity contribution is 1.47. The Morgan fingerprint density at radius 3 is 0.643 bits per heavy atom. The summed E-state index contributed by atoms with van der Waals surface area (Å²) in [5.74, 6) is 0. The van der Waals surface area contributed by atoms with Gasteiger partial charge in [0.25, 0.3) is 0 Å². The van der Waals surface area contributed by atoms with Crippen molar-refractivity contribution in [2.75, 3.05) is 0 Å². The van der Waals surface area contributed by atoms with E-state index in [0.29, 0.717) is 0 Å². The Bertz CT molecular complexity index is 1250. The molecule has 0 N–H and O–H groups in total. The van der Waals surface area contributed by atoms with E-state index in [9.17, 15) is 0 Å². The molecule has 5 aromatic carbocycles. The third-order valence-electron chi connectivity index (χ3n) is 6.02. The van der Waals surface area contributed by atoms with Gasteiger partial charge in [-0.25, -0.2) is 0 Å². The van der Waals surface area contributed by atoms with E-state index in [1.165, 1.54) is 55.6 Å². The molecule has 42 heavy (non-hydrogen) atoms. The molecule has 0 aliphatic heterocycles. The summed E-state index contributed by atoms with van der Waals surface area (Å²) >= 11 is 0. The van der Waals surface area contributed by atoms with Gasteiger partial charge in [0.15, 0.2) is 0 Å². The summed E-state index contributed by atoms with van der Waals surface area (Å²) < 4.78 is 0. The molecule has 0 saturated heterocycles. The molecular weight excluding hydrogens is 504 g/mol. The first-order valence-electron chi connectivity index (χ1n) is 16.1. The fourth-order valence-electron chi connectivity index (χ4n) is 4.13. The molecule has 0 spiro atoms. The van der Waals surface area contributed by atoms with Crippen LogP contribution in [0.25, 0.3) is 44.5 Å². The molecule has 0 heteroatoms. The van der Waals surface area contributed by atoms with Crippen molar-refractivity contribution in [1.82, 2.24) is 0 Å². The van der Waals surface area contributed by atoms with Gasteiger partial charge in [-0.15, -0.1) is 0 Å². The highest BCUT2D eigenvalue weighted by Gasteiger charge is 2.06. The van der Waals surface area contributed by atoms with Crippen LogP contribution >= 0.6 is 0 Å². The first kappa shape index (κ1) is 38.1. The molecule has 0 aromatic heterocycles. The molecule has 0 amide bonds. The molecule has 0 saturated carbocycles. The molecule has 0 aliphatic rings. The number of hydrogen-bond acceptors (Lipinski definition) is 0. The van der Waals surface area contributed by atoms with Crippen LogP contribution in [0.1, 0.15) is 80.4 Å². The minimum atomic E-state index is 1.23. The average molecular weight is 561 g/mol. The average Bonchev–Trinajstić information content (AvgIpc) is 3.10. The van der Waals surface area contributed by atoms with Crippen LogP contribution in [0.4, 0.5) is 0 Å². The van der Waals surface area contributed by atoms with Crippen molar-refractivity contribution < 1.29 is 0 Å². The van der Waals surface area contributed by atoms with Crippen LogP contribution in [0.3, 0.4) is 0 Å². The predicted octanol–water partition coefficient (Wildman–Crippen LogP) is 14.1. The van der Waals surface area contributed by atoms with Crippen molar-refractivity contribution >= 4 is 0 Å². The third kappa shape index (κ3) is 11.5. The van der Waals surface area contributed by atoms with Crippen LogP contribution < -0.4 is 0 Å². The van der Waals surface area contributed by atoms with Crippen LogP contribution in [0, 0.1) is 13.8 Å². The minimum Gasteiger partial charge on any atom is -0.0683 e. The standard InChI is InChI=1S/C32H26.5C2H6/c1-23-12-16-25(17-13-23)27-6-3-8-29(20-27)31-10-5-11-32(22-31)30-9-4-7-28(21-30)26-18-14-24(2)15-19-26;5*1-2/h3-22H,1-2H3;5*1-2H3. The van der Waals surface area contributed by atoms with Crippen LogP contribution in [-0.2, 0) is 0 Å². The molecule has 0 atom stereocenters. The smallest absolute Gasteiger partial charge is 0.0178 e. The maximum atomic E-state index is 2.29. The van der Waals surface area contributed by atoms with Crippen molar-refractivity contribution in [3.8, 4) is 44.5 Å². The minimum absolute atomic E-state index is 1.23. The molecule has 0 bridgehead atoms. The van der Waals surface area contributed by atoms with E-state index in [-0.39, 0.29) is 0 Å². The summed E-state index contributed by atoms with van der Waals surface area (Å²) in [7, 11) is 0. The van der Waals surface area contributed by atoms with Crippen molar-refractivity contribution in [2.24, 2.45) is 0 Å². The van der Waals surface area contributed by atoms with E-state index in [1.807, 2.05) is 69.2 Å². The number of hydrogen-bond donors (Lipinski definition) is 0. The molecule has 0 heterocycles. The molecular formula is C42H56. The molecule has 0 fully saturated rings. The normalized spacial score (nSPS) is 8.95. The monoisotopic (exact) mass is 560 g/mol. The Morgan fingerprint density at radius 2 is 0.429 bits per heavy atom. The highest BCUT2D eigenvalue weighted by molar-refractivity contribution is 5.79. The van der Waals surface area contributed by atoms with E-state index >= 15 is 0 Å². The number of rotatable bonds is 4. The molecule has 5 rings (SSSR count). The maximum absolute atomic E-state index is 2.29.